The lowest BCUT2D eigenvalue weighted by Crippen LogP contribution is -2.30. The van der Waals surface area contributed by atoms with Gasteiger partial charge in [0.25, 0.3) is 0 Å². The molecule has 206 valence electrons. The predicted octanol–water partition coefficient (Wildman–Crippen LogP) is 5.91. The molecule has 6 nitrogen and oxygen atoms in total. The molecule has 1 unspecified atom stereocenters. The number of methoxy groups -OCH3 is 2. The van der Waals surface area contributed by atoms with Crippen molar-refractivity contribution in [3.8, 4) is 5.75 Å². The minimum atomic E-state index is 0.594. The van der Waals surface area contributed by atoms with E-state index in [2.05, 4.69) is 63.4 Å². The Morgan fingerprint density at radius 1 is 0.974 bits per heavy atom. The van der Waals surface area contributed by atoms with Crippen molar-refractivity contribution in [2.45, 2.75) is 38.7 Å². The number of aromatic nitrogens is 1. The van der Waals surface area contributed by atoms with E-state index in [1.807, 2.05) is 6.07 Å². The fourth-order valence-corrected chi connectivity index (χ4v) is 6.64. The van der Waals surface area contributed by atoms with Crippen LogP contribution in [0, 0.1) is 5.92 Å². The Hall–Kier alpha value is -3.22. The number of aryl methyl sites for hydroxylation is 1. The molecule has 0 bridgehead atoms. The Bertz CT molecular complexity index is 1340. The number of rotatable bonds is 11. The van der Waals surface area contributed by atoms with Crippen LogP contribution < -0.4 is 4.74 Å². The Labute approximate surface area is 232 Å². The predicted molar refractivity (Wildman–Crippen MR) is 156 cm³/mol. The molecule has 1 saturated heterocycles. The number of fused-ring (bicyclic) bond motifs is 1. The van der Waals surface area contributed by atoms with Gasteiger partial charge in [0.05, 0.1) is 14.2 Å². The number of H-pyrrole nitrogens is 1. The average Bonchev–Trinajstić information content (AvgIpc) is 3.70. The van der Waals surface area contributed by atoms with Crippen molar-refractivity contribution in [3.63, 3.8) is 0 Å². The molecule has 0 radical (unpaired) electrons. The molecular weight excluding hydrogens is 486 g/mol. The molecule has 1 atom stereocenters. The van der Waals surface area contributed by atoms with Gasteiger partial charge in [-0.15, -0.1) is 0 Å². The first kappa shape index (κ1) is 26.0. The summed E-state index contributed by atoms with van der Waals surface area (Å²) in [7, 11) is 3.54. The number of nitrogens with one attached hydrogen (secondary N) is 1. The first-order valence-corrected chi connectivity index (χ1v) is 14.4. The summed E-state index contributed by atoms with van der Waals surface area (Å²) in [6, 6.07) is 16.7. The molecule has 2 aromatic carbocycles. The first-order valence-electron chi connectivity index (χ1n) is 14.4. The molecule has 3 heterocycles. The van der Waals surface area contributed by atoms with Gasteiger partial charge in [-0.1, -0.05) is 30.3 Å². The smallest absolute Gasteiger partial charge is 0.160 e. The minimum absolute atomic E-state index is 0.594. The van der Waals surface area contributed by atoms with E-state index in [1.54, 1.807) is 19.8 Å². The third kappa shape index (κ3) is 5.87. The summed E-state index contributed by atoms with van der Waals surface area (Å²) in [5.41, 5.74) is 6.69. The third-order valence-corrected chi connectivity index (χ3v) is 8.65. The highest BCUT2D eigenvalue weighted by atomic mass is 16.5. The van der Waals surface area contributed by atoms with Crippen LogP contribution in [0.2, 0.25) is 0 Å². The second kappa shape index (κ2) is 11.9. The van der Waals surface area contributed by atoms with Crippen molar-refractivity contribution in [3.05, 3.63) is 88.5 Å². The topological polar surface area (TPSA) is 50.0 Å². The zero-order valence-corrected chi connectivity index (χ0v) is 23.4. The quantitative estimate of drug-likeness (QED) is 0.336. The Morgan fingerprint density at radius 3 is 2.72 bits per heavy atom. The van der Waals surface area contributed by atoms with Crippen LogP contribution in [0.4, 0.5) is 0 Å². The van der Waals surface area contributed by atoms with E-state index in [4.69, 9.17) is 14.2 Å². The molecule has 1 fully saturated rings. The van der Waals surface area contributed by atoms with Gasteiger partial charge in [0.2, 0.25) is 0 Å². The SMILES string of the molecule is COC1=C(OC)C2=C(CC1)CN(CC1CCN(CCCc3c[nH]c4ccc(OCc5ccccc5)cc34)C1)C2. The highest BCUT2D eigenvalue weighted by Gasteiger charge is 2.33. The zero-order valence-electron chi connectivity index (χ0n) is 23.4. The second-order valence-electron chi connectivity index (χ2n) is 11.3. The van der Waals surface area contributed by atoms with Crippen molar-refractivity contribution < 1.29 is 14.2 Å². The van der Waals surface area contributed by atoms with Gasteiger partial charge in [-0.3, -0.25) is 4.90 Å². The molecule has 1 N–H and O–H groups in total. The molecule has 0 saturated carbocycles. The number of aromatic amines is 1. The van der Waals surface area contributed by atoms with E-state index in [0.29, 0.717) is 6.61 Å². The van der Waals surface area contributed by atoms with Crippen LogP contribution in [0.25, 0.3) is 10.9 Å². The molecule has 1 aromatic heterocycles. The summed E-state index contributed by atoms with van der Waals surface area (Å²) in [4.78, 5) is 8.74. The lowest BCUT2D eigenvalue weighted by Gasteiger charge is -2.22. The van der Waals surface area contributed by atoms with E-state index in [0.717, 1.165) is 62.1 Å². The van der Waals surface area contributed by atoms with Gasteiger partial charge in [0, 0.05) is 55.3 Å². The van der Waals surface area contributed by atoms with Gasteiger partial charge in [0.1, 0.15) is 18.1 Å². The normalized spacial score (nSPS) is 20.2. The van der Waals surface area contributed by atoms with Gasteiger partial charge in [0.15, 0.2) is 5.76 Å². The van der Waals surface area contributed by atoms with Crippen LogP contribution in [0.1, 0.15) is 36.8 Å². The summed E-state index contributed by atoms with van der Waals surface area (Å²) in [5, 5.41) is 1.28. The molecule has 6 heteroatoms. The van der Waals surface area contributed by atoms with Crippen LogP contribution in [-0.2, 0) is 22.5 Å². The maximum absolute atomic E-state index is 6.09. The number of ether oxygens (including phenoxy) is 3. The highest BCUT2D eigenvalue weighted by molar-refractivity contribution is 5.84. The molecule has 3 aromatic rings. The number of likely N-dealkylation sites (tertiary alicyclic amines) is 1. The second-order valence-corrected chi connectivity index (χ2v) is 11.3. The van der Waals surface area contributed by atoms with E-state index >= 15 is 0 Å². The van der Waals surface area contributed by atoms with Gasteiger partial charge in [-0.05, 0) is 79.6 Å². The van der Waals surface area contributed by atoms with Crippen LogP contribution in [-0.4, -0.2) is 68.3 Å². The molecule has 1 aliphatic carbocycles. The van der Waals surface area contributed by atoms with Gasteiger partial charge in [-0.2, -0.15) is 0 Å². The van der Waals surface area contributed by atoms with Crippen molar-refractivity contribution >= 4 is 10.9 Å². The summed E-state index contributed by atoms with van der Waals surface area (Å²) in [6.07, 6.45) is 7.80. The van der Waals surface area contributed by atoms with Crippen LogP contribution in [0.5, 0.6) is 5.75 Å². The molecule has 39 heavy (non-hydrogen) atoms. The molecule has 3 aliphatic rings. The van der Waals surface area contributed by atoms with Crippen LogP contribution in [0.3, 0.4) is 0 Å². The van der Waals surface area contributed by atoms with Gasteiger partial charge < -0.3 is 24.1 Å². The molecule has 2 aliphatic heterocycles. The lowest BCUT2D eigenvalue weighted by molar-refractivity contribution is 0.212. The van der Waals surface area contributed by atoms with Crippen molar-refractivity contribution in [2.75, 3.05) is 53.5 Å². The van der Waals surface area contributed by atoms with Crippen LogP contribution >= 0.6 is 0 Å². The van der Waals surface area contributed by atoms with Crippen molar-refractivity contribution in [1.82, 2.24) is 14.8 Å². The summed E-state index contributed by atoms with van der Waals surface area (Å²) >= 11 is 0. The van der Waals surface area contributed by atoms with Gasteiger partial charge >= 0.3 is 0 Å². The highest BCUT2D eigenvalue weighted by Crippen LogP contribution is 2.36. The molecule has 0 amide bonds. The number of hydrogen-bond donors (Lipinski definition) is 1. The Morgan fingerprint density at radius 2 is 1.87 bits per heavy atom. The molecular formula is C33H41N3O3. The summed E-state index contributed by atoms with van der Waals surface area (Å²) in [5.74, 6) is 3.68. The molecule has 6 rings (SSSR count). The van der Waals surface area contributed by atoms with E-state index < -0.39 is 0 Å². The standard InChI is InChI=1S/C33H41N3O3/c1-37-32-13-10-27-21-36(22-30(27)33(32)38-2)20-25-14-16-35(19-25)15-6-9-26-18-34-31-12-11-28(17-29(26)31)39-23-24-7-4-3-5-8-24/h3-5,7-8,11-12,17-18,25,34H,6,9-10,13-16,19-23H2,1-2H3. The number of hydrogen-bond acceptors (Lipinski definition) is 5. The van der Waals surface area contributed by atoms with E-state index in [-0.39, 0.29) is 0 Å². The number of allylic oxidation sites excluding steroid dienone is 1. The number of benzene rings is 2. The summed E-state index contributed by atoms with van der Waals surface area (Å²) in [6.45, 7) is 7.45. The van der Waals surface area contributed by atoms with Gasteiger partial charge in [-0.25, -0.2) is 0 Å². The maximum Gasteiger partial charge on any atom is 0.160 e. The monoisotopic (exact) mass is 527 g/mol. The van der Waals surface area contributed by atoms with E-state index in [9.17, 15) is 0 Å². The lowest BCUT2D eigenvalue weighted by atomic mass is 9.97. The number of nitrogens with zero attached hydrogens (tertiary/aromatic N) is 2. The Balaban J connectivity index is 0.969. The zero-order chi connectivity index (χ0) is 26.6. The third-order valence-electron chi connectivity index (χ3n) is 8.65. The first-order chi connectivity index (χ1) is 19.2. The Kier molecular flexibility index (Phi) is 7.93. The van der Waals surface area contributed by atoms with Crippen LogP contribution in [0.15, 0.2) is 77.4 Å². The largest absolute Gasteiger partial charge is 0.497 e. The van der Waals surface area contributed by atoms with Crippen molar-refractivity contribution in [2.24, 2.45) is 5.92 Å². The summed E-state index contributed by atoms with van der Waals surface area (Å²) < 4.78 is 17.4. The average molecular weight is 528 g/mol. The fourth-order valence-electron chi connectivity index (χ4n) is 6.64. The fraction of sp³-hybridized carbons (Fsp3) is 0.455. The van der Waals surface area contributed by atoms with E-state index in [1.165, 1.54) is 60.1 Å². The van der Waals surface area contributed by atoms with Crippen molar-refractivity contribution in [1.29, 1.82) is 0 Å². The maximum atomic E-state index is 6.09. The minimum Gasteiger partial charge on any atom is -0.497 e. The molecule has 0 spiro atoms.